The minimum atomic E-state index is 0.318. The van der Waals surface area contributed by atoms with E-state index in [1.54, 1.807) is 6.20 Å². The van der Waals surface area contributed by atoms with Gasteiger partial charge in [0.05, 0.1) is 12.4 Å². The van der Waals surface area contributed by atoms with Gasteiger partial charge in [-0.2, -0.15) is 5.10 Å². The normalized spacial score (nSPS) is 10.9. The Morgan fingerprint density at radius 2 is 2.22 bits per heavy atom. The van der Waals surface area contributed by atoms with Crippen molar-refractivity contribution in [3.8, 4) is 11.5 Å². The molecule has 0 aliphatic carbocycles. The lowest BCUT2D eigenvalue weighted by molar-refractivity contribution is 0.471. The zero-order valence-electron chi connectivity index (χ0n) is 10.4. The maximum Gasteiger partial charge on any atom is 0.165 e. The van der Waals surface area contributed by atoms with E-state index in [0.717, 1.165) is 21.5 Å². The molecule has 0 radical (unpaired) electrons. The number of hydrogen-bond acceptors (Lipinski definition) is 3. The van der Waals surface area contributed by atoms with Crippen LogP contribution in [0.4, 0.5) is 0 Å². The molecule has 0 aliphatic heterocycles. The highest BCUT2D eigenvalue weighted by atomic mass is 79.9. The molecular weight excluding hydrogens is 294 g/mol. The first-order valence-electron chi connectivity index (χ1n) is 5.80. The van der Waals surface area contributed by atoms with Crippen LogP contribution in [-0.4, -0.2) is 9.78 Å². The van der Waals surface area contributed by atoms with Crippen molar-refractivity contribution in [1.29, 1.82) is 0 Å². The standard InChI is InChI=1S/C13H16BrN3O/c1-9(2)17-8-12(7-16-17)18-13-5-11(14)4-3-10(13)6-15/h3-5,7-9H,6,15H2,1-2H3. The first-order valence-corrected chi connectivity index (χ1v) is 6.60. The summed E-state index contributed by atoms with van der Waals surface area (Å²) in [7, 11) is 0. The van der Waals surface area contributed by atoms with Gasteiger partial charge >= 0.3 is 0 Å². The Kier molecular flexibility index (Phi) is 4.04. The molecular formula is C13H16BrN3O. The highest BCUT2D eigenvalue weighted by Gasteiger charge is 2.07. The van der Waals surface area contributed by atoms with Crippen LogP contribution in [0, 0.1) is 0 Å². The molecule has 1 aromatic heterocycles. The number of ether oxygens (including phenoxy) is 1. The Bertz CT molecular complexity index is 537. The van der Waals surface area contributed by atoms with E-state index in [-0.39, 0.29) is 0 Å². The number of nitrogens with zero attached hydrogens (tertiary/aromatic N) is 2. The average molecular weight is 310 g/mol. The predicted molar refractivity (Wildman–Crippen MR) is 74.7 cm³/mol. The number of aromatic nitrogens is 2. The van der Waals surface area contributed by atoms with E-state index >= 15 is 0 Å². The minimum Gasteiger partial charge on any atom is -0.454 e. The summed E-state index contributed by atoms with van der Waals surface area (Å²) in [6.07, 6.45) is 3.59. The van der Waals surface area contributed by atoms with Crippen molar-refractivity contribution >= 4 is 15.9 Å². The molecule has 0 aliphatic rings. The Balaban J connectivity index is 2.24. The van der Waals surface area contributed by atoms with E-state index in [1.165, 1.54) is 0 Å². The fourth-order valence-electron chi connectivity index (χ4n) is 1.57. The molecule has 2 aromatic rings. The Morgan fingerprint density at radius 1 is 1.44 bits per heavy atom. The molecule has 0 spiro atoms. The van der Waals surface area contributed by atoms with Gasteiger partial charge in [0.2, 0.25) is 0 Å². The summed E-state index contributed by atoms with van der Waals surface area (Å²) in [5.41, 5.74) is 6.66. The number of benzene rings is 1. The number of nitrogens with two attached hydrogens (primary N) is 1. The number of halogens is 1. The van der Waals surface area contributed by atoms with Gasteiger partial charge < -0.3 is 10.5 Å². The second kappa shape index (κ2) is 5.54. The quantitative estimate of drug-likeness (QED) is 0.940. The Hall–Kier alpha value is -1.33. The summed E-state index contributed by atoms with van der Waals surface area (Å²) in [5, 5.41) is 4.24. The second-order valence-electron chi connectivity index (χ2n) is 4.31. The molecule has 0 atom stereocenters. The largest absolute Gasteiger partial charge is 0.454 e. The first kappa shape index (κ1) is 13.1. The fourth-order valence-corrected chi connectivity index (χ4v) is 1.91. The van der Waals surface area contributed by atoms with Crippen molar-refractivity contribution in [1.82, 2.24) is 9.78 Å². The number of rotatable bonds is 4. The molecule has 0 saturated carbocycles. The highest BCUT2D eigenvalue weighted by Crippen LogP contribution is 2.28. The van der Waals surface area contributed by atoms with Gasteiger partial charge in [-0.15, -0.1) is 0 Å². The Labute approximate surface area is 115 Å². The van der Waals surface area contributed by atoms with Crippen molar-refractivity contribution in [3.05, 3.63) is 40.6 Å². The molecule has 18 heavy (non-hydrogen) atoms. The van der Waals surface area contributed by atoms with Crippen LogP contribution in [0.3, 0.4) is 0 Å². The average Bonchev–Trinajstić information content (AvgIpc) is 2.78. The zero-order chi connectivity index (χ0) is 13.1. The maximum absolute atomic E-state index is 5.82. The van der Waals surface area contributed by atoms with Crippen LogP contribution in [0.15, 0.2) is 35.1 Å². The van der Waals surface area contributed by atoms with Gasteiger partial charge in [-0.1, -0.05) is 22.0 Å². The van der Waals surface area contributed by atoms with Crippen LogP contribution in [0.2, 0.25) is 0 Å². The van der Waals surface area contributed by atoms with Gasteiger partial charge in [-0.05, 0) is 26.0 Å². The predicted octanol–water partition coefficient (Wildman–Crippen LogP) is 3.48. The van der Waals surface area contributed by atoms with Gasteiger partial charge in [0.1, 0.15) is 5.75 Å². The first-order chi connectivity index (χ1) is 8.60. The van der Waals surface area contributed by atoms with Crippen LogP contribution >= 0.6 is 15.9 Å². The SMILES string of the molecule is CC(C)n1cc(Oc2cc(Br)ccc2CN)cn1. The van der Waals surface area contributed by atoms with Crippen LogP contribution in [0.1, 0.15) is 25.5 Å². The van der Waals surface area contributed by atoms with Crippen LogP contribution in [-0.2, 0) is 6.54 Å². The van der Waals surface area contributed by atoms with Gasteiger partial charge in [0.15, 0.2) is 5.75 Å². The van der Waals surface area contributed by atoms with Gasteiger partial charge in [0.25, 0.3) is 0 Å². The van der Waals surface area contributed by atoms with E-state index in [4.69, 9.17) is 10.5 Å². The highest BCUT2D eigenvalue weighted by molar-refractivity contribution is 9.10. The lowest BCUT2D eigenvalue weighted by Crippen LogP contribution is -2.00. The molecule has 96 valence electrons. The Morgan fingerprint density at radius 3 is 2.83 bits per heavy atom. The smallest absolute Gasteiger partial charge is 0.165 e. The molecule has 0 saturated heterocycles. The summed E-state index contributed by atoms with van der Waals surface area (Å²) >= 11 is 3.43. The molecule has 1 heterocycles. The van der Waals surface area contributed by atoms with Gasteiger partial charge in [0, 0.05) is 22.6 Å². The minimum absolute atomic E-state index is 0.318. The summed E-state index contributed by atoms with van der Waals surface area (Å²) < 4.78 is 8.64. The van der Waals surface area contributed by atoms with Gasteiger partial charge in [-0.3, -0.25) is 4.68 Å². The van der Waals surface area contributed by atoms with E-state index in [0.29, 0.717) is 12.6 Å². The molecule has 2 rings (SSSR count). The van der Waals surface area contributed by atoms with Crippen molar-refractivity contribution in [3.63, 3.8) is 0 Å². The zero-order valence-corrected chi connectivity index (χ0v) is 12.0. The lowest BCUT2D eigenvalue weighted by atomic mass is 10.2. The summed E-state index contributed by atoms with van der Waals surface area (Å²) in [5.74, 6) is 1.48. The number of hydrogen-bond donors (Lipinski definition) is 1. The third-order valence-corrected chi connectivity index (χ3v) is 3.08. The van der Waals surface area contributed by atoms with Crippen molar-refractivity contribution in [2.24, 2.45) is 5.73 Å². The second-order valence-corrected chi connectivity index (χ2v) is 5.22. The monoisotopic (exact) mass is 309 g/mol. The van der Waals surface area contributed by atoms with Crippen LogP contribution < -0.4 is 10.5 Å². The van der Waals surface area contributed by atoms with E-state index in [2.05, 4.69) is 34.9 Å². The summed E-state index contributed by atoms with van der Waals surface area (Å²) in [6.45, 7) is 4.59. The van der Waals surface area contributed by atoms with E-state index in [9.17, 15) is 0 Å². The van der Waals surface area contributed by atoms with Crippen molar-refractivity contribution < 1.29 is 4.74 Å². The van der Waals surface area contributed by atoms with E-state index < -0.39 is 0 Å². The van der Waals surface area contributed by atoms with Crippen LogP contribution in [0.25, 0.3) is 0 Å². The summed E-state index contributed by atoms with van der Waals surface area (Å²) in [4.78, 5) is 0. The van der Waals surface area contributed by atoms with E-state index in [1.807, 2.05) is 29.1 Å². The van der Waals surface area contributed by atoms with Gasteiger partial charge in [-0.25, -0.2) is 0 Å². The summed E-state index contributed by atoms with van der Waals surface area (Å²) in [6, 6.07) is 6.13. The third kappa shape index (κ3) is 2.91. The maximum atomic E-state index is 5.82. The van der Waals surface area contributed by atoms with Crippen LogP contribution in [0.5, 0.6) is 11.5 Å². The molecule has 1 aromatic carbocycles. The fraction of sp³-hybridized carbons (Fsp3) is 0.308. The third-order valence-electron chi connectivity index (χ3n) is 2.58. The molecule has 4 nitrogen and oxygen atoms in total. The molecule has 0 unspecified atom stereocenters. The molecule has 0 bridgehead atoms. The van der Waals surface area contributed by atoms with Crippen molar-refractivity contribution in [2.75, 3.05) is 0 Å². The molecule has 0 amide bonds. The topological polar surface area (TPSA) is 53.1 Å². The molecule has 2 N–H and O–H groups in total. The van der Waals surface area contributed by atoms with Crippen molar-refractivity contribution in [2.45, 2.75) is 26.4 Å². The lowest BCUT2D eigenvalue weighted by Gasteiger charge is -2.09. The molecule has 0 fully saturated rings. The molecule has 5 heteroatoms.